The van der Waals surface area contributed by atoms with Crippen LogP contribution in [0.15, 0.2) is 48.8 Å². The maximum absolute atomic E-state index is 11.9. The smallest absolute Gasteiger partial charge is 0.545 e. The summed E-state index contributed by atoms with van der Waals surface area (Å²) in [4.78, 5) is 24.8. The Labute approximate surface area is 228 Å². The van der Waals surface area contributed by atoms with Crippen molar-refractivity contribution in [3.63, 3.8) is 0 Å². The van der Waals surface area contributed by atoms with Crippen molar-refractivity contribution in [2.75, 3.05) is 57.3 Å². The topological polar surface area (TPSA) is 125 Å². The van der Waals surface area contributed by atoms with Gasteiger partial charge in [0.1, 0.15) is 5.75 Å². The minimum absolute atomic E-state index is 0. The molecular formula is C26H30LiN7O3. The molecule has 4 rings (SSSR count). The molecule has 0 amide bonds. The van der Waals surface area contributed by atoms with Gasteiger partial charge < -0.3 is 40.1 Å². The van der Waals surface area contributed by atoms with E-state index in [0.717, 1.165) is 29.7 Å². The number of nitrogen functional groups attached to an aromatic ring is 1. The first-order valence-corrected chi connectivity index (χ1v) is 11.4. The SMILES string of the molecule is COc1cc(N(C)CCN(C)C)c(N)cc1Nc1ncc(C(=O)[O-])c(-c2cn(C)c3ccccc23)n1.[Li+]. The normalized spacial score (nSPS) is 10.9. The van der Waals surface area contributed by atoms with Crippen LogP contribution in [0.25, 0.3) is 22.2 Å². The molecule has 2 aromatic heterocycles. The molecule has 10 nitrogen and oxygen atoms in total. The Morgan fingerprint density at radius 3 is 2.59 bits per heavy atom. The van der Waals surface area contributed by atoms with E-state index in [1.807, 2.05) is 69.3 Å². The summed E-state index contributed by atoms with van der Waals surface area (Å²) in [5.74, 6) is -0.596. The van der Waals surface area contributed by atoms with Crippen molar-refractivity contribution in [1.82, 2.24) is 19.4 Å². The minimum Gasteiger partial charge on any atom is -0.545 e. The van der Waals surface area contributed by atoms with Crippen molar-refractivity contribution in [1.29, 1.82) is 0 Å². The van der Waals surface area contributed by atoms with E-state index in [4.69, 9.17) is 10.5 Å². The van der Waals surface area contributed by atoms with Crippen LogP contribution in [0.5, 0.6) is 5.75 Å². The van der Waals surface area contributed by atoms with Crippen molar-refractivity contribution in [2.45, 2.75) is 0 Å². The predicted octanol–water partition coefficient (Wildman–Crippen LogP) is -0.665. The average Bonchev–Trinajstić information content (AvgIpc) is 3.19. The summed E-state index contributed by atoms with van der Waals surface area (Å²) in [5, 5.41) is 15.9. The number of anilines is 4. The van der Waals surface area contributed by atoms with E-state index >= 15 is 0 Å². The summed E-state index contributed by atoms with van der Waals surface area (Å²) in [6.45, 7) is 1.66. The minimum atomic E-state index is -1.35. The second-order valence-corrected chi connectivity index (χ2v) is 8.88. The maximum atomic E-state index is 11.9. The number of benzene rings is 2. The number of rotatable bonds is 9. The second kappa shape index (κ2) is 11.6. The summed E-state index contributed by atoms with van der Waals surface area (Å²) >= 11 is 0. The average molecular weight is 496 g/mol. The molecule has 2 heterocycles. The number of aromatic nitrogens is 3. The molecule has 4 aromatic rings. The molecule has 0 aliphatic heterocycles. The number of likely N-dealkylation sites (N-methyl/N-ethyl adjacent to an activating group) is 2. The number of hydrogen-bond acceptors (Lipinski definition) is 9. The van der Waals surface area contributed by atoms with Crippen molar-refractivity contribution in [2.24, 2.45) is 7.05 Å². The van der Waals surface area contributed by atoms with Gasteiger partial charge in [0, 0.05) is 67.7 Å². The van der Waals surface area contributed by atoms with Crippen LogP contribution < -0.4 is 44.7 Å². The molecule has 0 saturated heterocycles. The molecule has 0 atom stereocenters. The van der Waals surface area contributed by atoms with Gasteiger partial charge in [0.15, 0.2) is 0 Å². The quantitative estimate of drug-likeness (QED) is 0.230. The molecule has 0 fully saturated rings. The number of aromatic carboxylic acids is 1. The van der Waals surface area contributed by atoms with Gasteiger partial charge in [-0.05, 0) is 26.2 Å². The zero-order chi connectivity index (χ0) is 26.0. The maximum Gasteiger partial charge on any atom is 1.00 e. The van der Waals surface area contributed by atoms with Gasteiger partial charge in [-0.1, -0.05) is 18.2 Å². The van der Waals surface area contributed by atoms with E-state index in [9.17, 15) is 9.90 Å². The number of hydrogen-bond donors (Lipinski definition) is 2. The van der Waals surface area contributed by atoms with Crippen LogP contribution in [0.4, 0.5) is 23.0 Å². The third-order valence-electron chi connectivity index (χ3n) is 6.05. The van der Waals surface area contributed by atoms with Crippen molar-refractivity contribution in [3.05, 3.63) is 54.4 Å². The first-order chi connectivity index (χ1) is 17.2. The van der Waals surface area contributed by atoms with E-state index in [2.05, 4.69) is 25.1 Å². The van der Waals surface area contributed by atoms with Crippen LogP contribution in [-0.4, -0.2) is 66.7 Å². The predicted molar refractivity (Wildman–Crippen MR) is 141 cm³/mol. The molecule has 0 radical (unpaired) electrons. The summed E-state index contributed by atoms with van der Waals surface area (Å²) in [7, 11) is 9.48. The number of nitrogens with one attached hydrogen (secondary N) is 1. The van der Waals surface area contributed by atoms with E-state index in [1.165, 1.54) is 6.20 Å². The summed E-state index contributed by atoms with van der Waals surface area (Å²) in [6, 6.07) is 11.3. The Hall–Kier alpha value is -3.71. The molecule has 0 aliphatic rings. The van der Waals surface area contributed by atoms with Crippen LogP contribution >= 0.6 is 0 Å². The Balaban J connectivity index is 0.00000380. The van der Waals surface area contributed by atoms with Crippen LogP contribution in [0.2, 0.25) is 0 Å². The van der Waals surface area contributed by atoms with Crippen LogP contribution in [0.3, 0.4) is 0 Å². The summed E-state index contributed by atoms with van der Waals surface area (Å²) in [6.07, 6.45) is 3.10. The monoisotopic (exact) mass is 495 g/mol. The van der Waals surface area contributed by atoms with Crippen molar-refractivity contribution >= 4 is 39.9 Å². The molecule has 0 spiro atoms. The Morgan fingerprint density at radius 1 is 1.19 bits per heavy atom. The zero-order valence-corrected chi connectivity index (χ0v) is 22.1. The molecule has 188 valence electrons. The number of carboxylic acid groups (broad SMARTS) is 1. The van der Waals surface area contributed by atoms with Gasteiger partial charge >= 0.3 is 18.9 Å². The molecule has 3 N–H and O–H groups in total. The number of aryl methyl sites for hydroxylation is 1. The number of nitrogens with zero attached hydrogens (tertiary/aromatic N) is 5. The van der Waals surface area contributed by atoms with Crippen molar-refractivity contribution in [3.8, 4) is 17.0 Å². The molecule has 11 heteroatoms. The number of ether oxygens (including phenoxy) is 1. The number of methoxy groups -OCH3 is 1. The fourth-order valence-corrected chi connectivity index (χ4v) is 4.10. The van der Waals surface area contributed by atoms with E-state index in [0.29, 0.717) is 22.7 Å². The first-order valence-electron chi connectivity index (χ1n) is 11.4. The van der Waals surface area contributed by atoms with Gasteiger partial charge in [0.25, 0.3) is 0 Å². The zero-order valence-electron chi connectivity index (χ0n) is 22.1. The van der Waals surface area contributed by atoms with E-state index < -0.39 is 5.97 Å². The number of carbonyl (C=O) groups is 1. The van der Waals surface area contributed by atoms with Crippen LogP contribution in [-0.2, 0) is 7.05 Å². The van der Waals surface area contributed by atoms with E-state index in [-0.39, 0.29) is 36.1 Å². The fourth-order valence-electron chi connectivity index (χ4n) is 4.10. The summed E-state index contributed by atoms with van der Waals surface area (Å²) in [5.41, 5.74) is 10.1. The number of carboxylic acids is 1. The molecule has 0 unspecified atom stereocenters. The van der Waals surface area contributed by atoms with Gasteiger partial charge in [-0.3, -0.25) is 0 Å². The van der Waals surface area contributed by atoms with Crippen molar-refractivity contribution < 1.29 is 33.5 Å². The standard InChI is InChI=1S/C26H31N7O3.Li/c1-31(2)10-11-32(3)22-13-23(36-5)20(12-19(22)27)29-26-28-14-17(25(34)35)24(30-26)18-15-33(4)21-9-7-6-8-16(18)21;/h6-9,12-15H,10-11,27H2,1-5H3,(H,34,35)(H,28,29,30);/q;+1/p-1. The molecule has 37 heavy (non-hydrogen) atoms. The Morgan fingerprint density at radius 2 is 1.92 bits per heavy atom. The number of para-hydroxylation sites is 1. The largest absolute Gasteiger partial charge is 1.00 e. The number of carbonyl (C=O) groups excluding carboxylic acids is 1. The molecule has 0 aliphatic carbocycles. The molecule has 2 aromatic carbocycles. The summed E-state index contributed by atoms with van der Waals surface area (Å²) < 4.78 is 7.53. The second-order valence-electron chi connectivity index (χ2n) is 8.88. The number of fused-ring (bicyclic) bond motifs is 1. The van der Waals surface area contributed by atoms with Gasteiger partial charge in [-0.25, -0.2) is 9.97 Å². The number of nitrogens with two attached hydrogens (primary N) is 1. The van der Waals surface area contributed by atoms with Gasteiger partial charge in [-0.15, -0.1) is 0 Å². The Kier molecular flexibility index (Phi) is 8.71. The third kappa shape index (κ3) is 5.83. The molecule has 0 saturated carbocycles. The Bertz CT molecular complexity index is 1420. The molecular weight excluding hydrogens is 465 g/mol. The first kappa shape index (κ1) is 27.9. The van der Waals surface area contributed by atoms with E-state index in [1.54, 1.807) is 13.2 Å². The third-order valence-corrected chi connectivity index (χ3v) is 6.05. The van der Waals surface area contributed by atoms with Gasteiger partial charge in [0.05, 0.1) is 35.8 Å². The van der Waals surface area contributed by atoms with Crippen LogP contribution in [0.1, 0.15) is 10.4 Å². The van der Waals surface area contributed by atoms with Gasteiger partial charge in [0.2, 0.25) is 5.95 Å². The molecule has 0 bridgehead atoms. The van der Waals surface area contributed by atoms with Gasteiger partial charge in [-0.2, -0.15) is 0 Å². The van der Waals surface area contributed by atoms with Crippen LogP contribution in [0, 0.1) is 0 Å². The fraction of sp³-hybridized carbons (Fsp3) is 0.269.